The highest BCUT2D eigenvalue weighted by Crippen LogP contribution is 2.21. The Balaban J connectivity index is 2.15. The fourth-order valence-electron chi connectivity index (χ4n) is 1.64. The van der Waals surface area contributed by atoms with Crippen molar-refractivity contribution < 1.29 is 4.79 Å². The number of H-pyrrole nitrogens is 1. The number of anilines is 2. The van der Waals surface area contributed by atoms with E-state index in [1.54, 1.807) is 18.2 Å². The van der Waals surface area contributed by atoms with Crippen LogP contribution in [-0.2, 0) is 0 Å². The molecule has 1 heterocycles. The van der Waals surface area contributed by atoms with Crippen molar-refractivity contribution in [3.63, 3.8) is 0 Å². The Morgan fingerprint density at radius 3 is 2.83 bits per heavy atom. The zero-order chi connectivity index (χ0) is 13.1. The van der Waals surface area contributed by atoms with Gasteiger partial charge < -0.3 is 11.1 Å². The molecule has 4 N–H and O–H groups in total. The molecular formula is C11H14N6O. The number of nitrogens with two attached hydrogens (primary N) is 1. The van der Waals surface area contributed by atoms with Crippen molar-refractivity contribution in [3.8, 4) is 0 Å². The van der Waals surface area contributed by atoms with Crippen LogP contribution in [0, 0.1) is 0 Å². The summed E-state index contributed by atoms with van der Waals surface area (Å²) in [5, 5.41) is 16.8. The van der Waals surface area contributed by atoms with Crippen LogP contribution in [0.25, 0.3) is 0 Å². The van der Waals surface area contributed by atoms with Gasteiger partial charge in [0.05, 0.1) is 6.04 Å². The van der Waals surface area contributed by atoms with Crippen molar-refractivity contribution in [2.45, 2.75) is 19.9 Å². The van der Waals surface area contributed by atoms with Gasteiger partial charge in [-0.2, -0.15) is 5.21 Å². The lowest BCUT2D eigenvalue weighted by Crippen LogP contribution is -2.09. The van der Waals surface area contributed by atoms with Gasteiger partial charge in [-0.05, 0) is 32.0 Å². The molecule has 2 aromatic rings. The minimum absolute atomic E-state index is 0.0507. The van der Waals surface area contributed by atoms with Gasteiger partial charge in [-0.3, -0.25) is 4.79 Å². The average Bonchev–Trinajstić information content (AvgIpc) is 2.81. The molecule has 18 heavy (non-hydrogen) atoms. The highest BCUT2D eigenvalue weighted by atomic mass is 16.1. The molecule has 94 valence electrons. The maximum atomic E-state index is 11.3. The monoisotopic (exact) mass is 246 g/mol. The Morgan fingerprint density at radius 2 is 2.28 bits per heavy atom. The highest BCUT2D eigenvalue weighted by molar-refractivity contribution is 5.99. The number of hydrogen-bond acceptors (Lipinski definition) is 6. The van der Waals surface area contributed by atoms with Crippen LogP contribution in [0.2, 0.25) is 0 Å². The second-order valence-electron chi connectivity index (χ2n) is 3.99. The third-order valence-electron chi connectivity index (χ3n) is 2.56. The lowest BCUT2D eigenvalue weighted by atomic mass is 10.1. The molecule has 0 amide bonds. The molecule has 0 aliphatic rings. The molecule has 0 saturated carbocycles. The summed E-state index contributed by atoms with van der Waals surface area (Å²) in [5.41, 5.74) is 7.58. The number of nitrogen functional groups attached to an aromatic ring is 1. The summed E-state index contributed by atoms with van der Waals surface area (Å²) in [4.78, 5) is 11.3. The van der Waals surface area contributed by atoms with Crippen LogP contribution < -0.4 is 11.1 Å². The minimum atomic E-state index is -0.105. The summed E-state index contributed by atoms with van der Waals surface area (Å²) in [6, 6.07) is 5.10. The Hall–Kier alpha value is -2.44. The van der Waals surface area contributed by atoms with Crippen molar-refractivity contribution in [2.75, 3.05) is 11.1 Å². The van der Waals surface area contributed by atoms with Crippen LogP contribution in [0.15, 0.2) is 18.2 Å². The molecule has 0 aliphatic carbocycles. The summed E-state index contributed by atoms with van der Waals surface area (Å²) >= 11 is 0. The molecular weight excluding hydrogens is 232 g/mol. The first-order valence-electron chi connectivity index (χ1n) is 5.48. The van der Waals surface area contributed by atoms with Gasteiger partial charge in [-0.15, -0.1) is 10.2 Å². The Morgan fingerprint density at radius 1 is 1.50 bits per heavy atom. The number of benzene rings is 1. The normalized spacial score (nSPS) is 12.1. The number of nitrogens with zero attached hydrogens (tertiary/aromatic N) is 3. The predicted molar refractivity (Wildman–Crippen MR) is 67.1 cm³/mol. The van der Waals surface area contributed by atoms with Gasteiger partial charge >= 0.3 is 0 Å². The molecule has 1 atom stereocenters. The van der Waals surface area contributed by atoms with Gasteiger partial charge in [0.15, 0.2) is 11.6 Å². The number of ketones is 1. The molecule has 7 nitrogen and oxygen atoms in total. The molecule has 7 heteroatoms. The lowest BCUT2D eigenvalue weighted by Gasteiger charge is -2.12. The first kappa shape index (κ1) is 12.0. The number of nitrogens with one attached hydrogen (secondary N) is 2. The van der Waals surface area contributed by atoms with E-state index in [2.05, 4.69) is 25.9 Å². The van der Waals surface area contributed by atoms with Crippen LogP contribution in [0.3, 0.4) is 0 Å². The van der Waals surface area contributed by atoms with Gasteiger partial charge in [0.1, 0.15) is 0 Å². The van der Waals surface area contributed by atoms with E-state index in [0.717, 1.165) is 5.69 Å². The van der Waals surface area contributed by atoms with Gasteiger partial charge in [-0.25, -0.2) is 0 Å². The number of aromatic nitrogens is 4. The fraction of sp³-hybridized carbons (Fsp3) is 0.273. The zero-order valence-electron chi connectivity index (χ0n) is 10.1. The van der Waals surface area contributed by atoms with Gasteiger partial charge in [0.25, 0.3) is 0 Å². The molecule has 0 aliphatic heterocycles. The van der Waals surface area contributed by atoms with Crippen LogP contribution in [0.1, 0.15) is 36.1 Å². The zero-order valence-corrected chi connectivity index (χ0v) is 10.1. The molecule has 0 bridgehead atoms. The number of Topliss-reactive ketones (excluding diaryl/α,β-unsaturated/α-hetero) is 1. The summed E-state index contributed by atoms with van der Waals surface area (Å²) in [6.45, 7) is 3.39. The second kappa shape index (κ2) is 4.82. The molecule has 0 saturated heterocycles. The number of hydrogen-bond donors (Lipinski definition) is 3. The molecule has 1 aromatic heterocycles. The van der Waals surface area contributed by atoms with Crippen LogP contribution in [-0.4, -0.2) is 26.4 Å². The number of rotatable bonds is 4. The van der Waals surface area contributed by atoms with E-state index in [0.29, 0.717) is 17.1 Å². The lowest BCUT2D eigenvalue weighted by molar-refractivity contribution is 0.101. The Labute approximate surface area is 104 Å². The maximum Gasteiger partial charge on any atom is 0.196 e. The van der Waals surface area contributed by atoms with Gasteiger partial charge in [0, 0.05) is 16.9 Å². The molecule has 1 aromatic carbocycles. The first-order valence-corrected chi connectivity index (χ1v) is 5.48. The van der Waals surface area contributed by atoms with E-state index in [9.17, 15) is 4.79 Å². The summed E-state index contributed by atoms with van der Waals surface area (Å²) in [5.74, 6) is 0.509. The molecule has 0 radical (unpaired) electrons. The first-order chi connectivity index (χ1) is 8.58. The second-order valence-corrected chi connectivity index (χ2v) is 3.99. The maximum absolute atomic E-state index is 11.3. The third-order valence-corrected chi connectivity index (χ3v) is 2.56. The van der Waals surface area contributed by atoms with E-state index in [4.69, 9.17) is 5.73 Å². The van der Waals surface area contributed by atoms with Crippen LogP contribution >= 0.6 is 0 Å². The molecule has 0 fully saturated rings. The van der Waals surface area contributed by atoms with E-state index in [1.807, 2.05) is 6.92 Å². The van der Waals surface area contributed by atoms with Crippen molar-refractivity contribution in [1.82, 2.24) is 20.6 Å². The number of carbonyl (C=O) groups is 1. The quantitative estimate of drug-likeness (QED) is 0.551. The smallest absolute Gasteiger partial charge is 0.196 e. The molecule has 0 spiro atoms. The van der Waals surface area contributed by atoms with Gasteiger partial charge in [-0.1, -0.05) is 5.21 Å². The predicted octanol–water partition coefficient (Wildman–Crippen LogP) is 1.16. The van der Waals surface area contributed by atoms with Crippen molar-refractivity contribution in [2.24, 2.45) is 0 Å². The van der Waals surface area contributed by atoms with E-state index < -0.39 is 0 Å². The van der Waals surface area contributed by atoms with Crippen molar-refractivity contribution >= 4 is 17.2 Å². The standard InChI is InChI=1S/C11H14N6O/c1-6(11-14-16-17-15-11)13-8-3-4-9(7(2)18)10(12)5-8/h3-6,13H,12H2,1-2H3,(H,14,15,16,17). The number of tetrazole rings is 1. The van der Waals surface area contributed by atoms with Crippen LogP contribution in [0.4, 0.5) is 11.4 Å². The number of carbonyl (C=O) groups excluding carboxylic acids is 1. The Bertz CT molecular complexity index is 551. The number of aromatic amines is 1. The largest absolute Gasteiger partial charge is 0.398 e. The summed E-state index contributed by atoms with van der Waals surface area (Å²) < 4.78 is 0. The molecule has 2 rings (SSSR count). The van der Waals surface area contributed by atoms with Crippen molar-refractivity contribution in [1.29, 1.82) is 0 Å². The average molecular weight is 246 g/mol. The summed E-state index contributed by atoms with van der Waals surface area (Å²) in [6.07, 6.45) is 0. The van der Waals surface area contributed by atoms with Gasteiger partial charge in [0.2, 0.25) is 0 Å². The molecule has 1 unspecified atom stereocenters. The van der Waals surface area contributed by atoms with Crippen molar-refractivity contribution in [3.05, 3.63) is 29.6 Å². The van der Waals surface area contributed by atoms with E-state index in [-0.39, 0.29) is 11.8 Å². The van der Waals surface area contributed by atoms with Crippen LogP contribution in [0.5, 0.6) is 0 Å². The fourth-order valence-corrected chi connectivity index (χ4v) is 1.64. The topological polar surface area (TPSA) is 110 Å². The summed E-state index contributed by atoms with van der Waals surface area (Å²) in [7, 11) is 0. The minimum Gasteiger partial charge on any atom is -0.398 e. The third kappa shape index (κ3) is 2.45. The van der Waals surface area contributed by atoms with E-state index in [1.165, 1.54) is 6.92 Å². The highest BCUT2D eigenvalue weighted by Gasteiger charge is 2.11. The Kier molecular flexibility index (Phi) is 3.22. The van der Waals surface area contributed by atoms with E-state index >= 15 is 0 Å². The SMILES string of the molecule is CC(=O)c1ccc(NC(C)c2nn[nH]n2)cc1N.